The van der Waals surface area contributed by atoms with Crippen molar-refractivity contribution < 1.29 is 29.7 Å². The Morgan fingerprint density at radius 3 is 1.56 bits per heavy atom. The van der Waals surface area contributed by atoms with Gasteiger partial charge in [-0.05, 0) is 6.42 Å². The van der Waals surface area contributed by atoms with E-state index in [0.717, 1.165) is 24.4 Å². The van der Waals surface area contributed by atoms with Gasteiger partial charge in [-0.25, -0.2) is 0 Å². The summed E-state index contributed by atoms with van der Waals surface area (Å²) in [5, 5.41) is 27.8. The number of unbranched alkanes of at least 4 members (excludes halogenated alkanes) is 9. The molecule has 5 N–H and O–H groups in total. The molecule has 0 fully saturated rings. The maximum absolute atomic E-state index is 11.5. The monoisotopic (exact) mass is 389 g/mol. The van der Waals surface area contributed by atoms with Crippen molar-refractivity contribution in [2.75, 3.05) is 13.2 Å². The van der Waals surface area contributed by atoms with Crippen LogP contribution in [-0.4, -0.2) is 57.5 Å². The number of aliphatic hydroxyl groups excluding tert-OH is 2. The van der Waals surface area contributed by atoms with Crippen LogP contribution in [0.2, 0.25) is 0 Å². The first-order valence-electron chi connectivity index (χ1n) is 9.78. The molecule has 0 saturated carbocycles. The lowest BCUT2D eigenvalue weighted by molar-refractivity contribution is -0.153. The van der Waals surface area contributed by atoms with E-state index in [0.29, 0.717) is 6.42 Å². The van der Waals surface area contributed by atoms with E-state index in [4.69, 9.17) is 10.2 Å². The van der Waals surface area contributed by atoms with Gasteiger partial charge in [-0.1, -0.05) is 71.1 Å². The largest absolute Gasteiger partial charge is 0.480 e. The summed E-state index contributed by atoms with van der Waals surface area (Å²) >= 11 is 0. The van der Waals surface area contributed by atoms with Gasteiger partial charge in [0.2, 0.25) is 0 Å². The van der Waals surface area contributed by atoms with Gasteiger partial charge in [0.1, 0.15) is 19.3 Å². The zero-order chi connectivity index (χ0) is 20.5. The Morgan fingerprint density at radius 2 is 1.19 bits per heavy atom. The first-order chi connectivity index (χ1) is 13.0. The highest BCUT2D eigenvalue weighted by Crippen LogP contribution is 2.13. The quantitative estimate of drug-likeness (QED) is 0.185. The van der Waals surface area contributed by atoms with E-state index in [9.17, 15) is 19.5 Å². The first-order valence-corrected chi connectivity index (χ1v) is 9.78. The molecule has 0 aliphatic heterocycles. The van der Waals surface area contributed by atoms with E-state index in [1.54, 1.807) is 0 Å². The molecule has 9 nitrogen and oxygen atoms in total. The Hall–Kier alpha value is -1.71. The highest BCUT2D eigenvalue weighted by Gasteiger charge is 2.28. The molecular weight excluding hydrogens is 354 g/mol. The van der Waals surface area contributed by atoms with Crippen LogP contribution >= 0.6 is 0 Å². The number of aliphatic carboxylic acids is 1. The minimum Gasteiger partial charge on any atom is -0.480 e. The standard InChI is InChI=1S/C18H35N3O6/c1-2-3-4-5-6-7-8-9-10-11-12-15(18(26)27)21(19-16(24)13-22)20-17(25)14-23/h15,22-23H,2-14H2,1H3,(H,19,24)(H,20,25)(H,26,27). The third kappa shape index (κ3) is 13.2. The maximum atomic E-state index is 11.5. The molecule has 0 bridgehead atoms. The predicted octanol–water partition coefficient (Wildman–Crippen LogP) is 1.10. The maximum Gasteiger partial charge on any atom is 0.324 e. The Labute approximate surface area is 161 Å². The zero-order valence-corrected chi connectivity index (χ0v) is 16.3. The van der Waals surface area contributed by atoms with Gasteiger partial charge in [-0.3, -0.25) is 25.2 Å². The van der Waals surface area contributed by atoms with Crippen molar-refractivity contribution >= 4 is 17.8 Å². The lowest BCUT2D eigenvalue weighted by atomic mass is 10.0. The molecule has 158 valence electrons. The van der Waals surface area contributed by atoms with Gasteiger partial charge < -0.3 is 15.3 Å². The number of aliphatic hydroxyl groups is 2. The second-order valence-electron chi connectivity index (χ2n) is 6.58. The van der Waals surface area contributed by atoms with Gasteiger partial charge >= 0.3 is 5.97 Å². The first kappa shape index (κ1) is 25.3. The van der Waals surface area contributed by atoms with Crippen molar-refractivity contribution in [3.63, 3.8) is 0 Å². The van der Waals surface area contributed by atoms with E-state index in [-0.39, 0.29) is 6.42 Å². The van der Waals surface area contributed by atoms with Crippen molar-refractivity contribution in [3.05, 3.63) is 0 Å². The fourth-order valence-corrected chi connectivity index (χ4v) is 2.71. The molecule has 9 heteroatoms. The van der Waals surface area contributed by atoms with Crippen molar-refractivity contribution in [2.45, 2.75) is 83.6 Å². The molecular formula is C18H35N3O6. The topological polar surface area (TPSA) is 139 Å². The average Bonchev–Trinajstić information content (AvgIpc) is 2.65. The molecule has 2 amide bonds. The summed E-state index contributed by atoms with van der Waals surface area (Å²) < 4.78 is 0. The number of hydrazine groups is 2. The van der Waals surface area contributed by atoms with E-state index in [1.807, 2.05) is 0 Å². The van der Waals surface area contributed by atoms with Crippen LogP contribution in [0.1, 0.15) is 77.6 Å². The van der Waals surface area contributed by atoms with Crippen LogP contribution in [-0.2, 0) is 14.4 Å². The fourth-order valence-electron chi connectivity index (χ4n) is 2.71. The Bertz CT molecular complexity index is 415. The minimum absolute atomic E-state index is 0.212. The second-order valence-corrected chi connectivity index (χ2v) is 6.58. The number of nitrogens with one attached hydrogen (secondary N) is 2. The Kier molecular flexibility index (Phi) is 15.4. The van der Waals surface area contributed by atoms with E-state index in [2.05, 4.69) is 17.8 Å². The summed E-state index contributed by atoms with van der Waals surface area (Å²) in [4.78, 5) is 34.2. The van der Waals surface area contributed by atoms with Gasteiger partial charge in [-0.15, -0.1) is 5.12 Å². The number of carbonyl (C=O) groups is 3. The number of amides is 2. The normalized spacial score (nSPS) is 12.0. The van der Waals surface area contributed by atoms with Gasteiger partial charge in [0, 0.05) is 0 Å². The van der Waals surface area contributed by atoms with E-state index < -0.39 is 37.0 Å². The summed E-state index contributed by atoms with van der Waals surface area (Å²) in [5.41, 5.74) is 4.24. The molecule has 0 aromatic heterocycles. The summed E-state index contributed by atoms with van der Waals surface area (Å²) in [7, 11) is 0. The number of hydrogen-bond donors (Lipinski definition) is 5. The summed E-state index contributed by atoms with van der Waals surface area (Å²) in [5.74, 6) is -2.94. The molecule has 0 aliphatic carbocycles. The molecule has 0 heterocycles. The number of carbonyl (C=O) groups excluding carboxylic acids is 2. The van der Waals surface area contributed by atoms with Gasteiger partial charge in [0.15, 0.2) is 0 Å². The predicted molar refractivity (Wildman–Crippen MR) is 100 cm³/mol. The van der Waals surface area contributed by atoms with Crippen LogP contribution in [0.25, 0.3) is 0 Å². The third-order valence-corrected chi connectivity index (χ3v) is 4.21. The van der Waals surface area contributed by atoms with Crippen LogP contribution in [0.4, 0.5) is 0 Å². The molecule has 0 aromatic rings. The third-order valence-electron chi connectivity index (χ3n) is 4.21. The average molecular weight is 389 g/mol. The van der Waals surface area contributed by atoms with Crippen LogP contribution in [0, 0.1) is 0 Å². The van der Waals surface area contributed by atoms with E-state index >= 15 is 0 Å². The van der Waals surface area contributed by atoms with Gasteiger partial charge in [0.05, 0.1) is 0 Å². The van der Waals surface area contributed by atoms with Gasteiger partial charge in [0.25, 0.3) is 11.8 Å². The fraction of sp³-hybridized carbons (Fsp3) is 0.833. The highest BCUT2D eigenvalue weighted by molar-refractivity contribution is 5.80. The molecule has 27 heavy (non-hydrogen) atoms. The molecule has 0 aliphatic rings. The summed E-state index contributed by atoms with van der Waals surface area (Å²) in [6.07, 6.45) is 11.3. The lowest BCUT2D eigenvalue weighted by Crippen LogP contribution is -2.61. The number of nitrogens with zero attached hydrogens (tertiary/aromatic N) is 1. The van der Waals surface area contributed by atoms with Crippen LogP contribution in [0.5, 0.6) is 0 Å². The second kappa shape index (κ2) is 16.5. The Morgan fingerprint density at radius 1 is 0.778 bits per heavy atom. The smallest absolute Gasteiger partial charge is 0.324 e. The lowest BCUT2D eigenvalue weighted by Gasteiger charge is -2.28. The minimum atomic E-state index is -1.22. The molecule has 0 aromatic carbocycles. The molecule has 1 atom stereocenters. The van der Waals surface area contributed by atoms with Crippen LogP contribution in [0.15, 0.2) is 0 Å². The van der Waals surface area contributed by atoms with Crippen molar-refractivity contribution in [2.24, 2.45) is 0 Å². The van der Waals surface area contributed by atoms with Crippen molar-refractivity contribution in [1.29, 1.82) is 0 Å². The molecule has 0 radical (unpaired) electrons. The number of carboxylic acids is 1. The molecule has 0 spiro atoms. The number of hydrogen-bond acceptors (Lipinski definition) is 6. The van der Waals surface area contributed by atoms with Crippen molar-refractivity contribution in [1.82, 2.24) is 16.0 Å². The summed E-state index contributed by atoms with van der Waals surface area (Å²) in [6.45, 7) is 0.488. The Balaban J connectivity index is 4.27. The van der Waals surface area contributed by atoms with Gasteiger partial charge in [-0.2, -0.15) is 0 Å². The van der Waals surface area contributed by atoms with Crippen molar-refractivity contribution in [3.8, 4) is 0 Å². The summed E-state index contributed by atoms with van der Waals surface area (Å²) in [6, 6.07) is -1.19. The molecule has 0 rings (SSSR count). The van der Waals surface area contributed by atoms with Crippen LogP contribution < -0.4 is 10.9 Å². The molecule has 1 unspecified atom stereocenters. The zero-order valence-electron chi connectivity index (χ0n) is 16.3. The molecule has 0 saturated heterocycles. The van der Waals surface area contributed by atoms with E-state index in [1.165, 1.54) is 38.5 Å². The SMILES string of the molecule is CCCCCCCCCCCCC(C(=O)O)N(NC(=O)CO)NC(=O)CO. The number of carboxylic acid groups (broad SMARTS) is 1. The van der Waals surface area contributed by atoms with Crippen LogP contribution in [0.3, 0.4) is 0 Å². The number of rotatable bonds is 17. The highest BCUT2D eigenvalue weighted by atomic mass is 16.4.